The Balaban J connectivity index is 1.37. The highest BCUT2D eigenvalue weighted by molar-refractivity contribution is 6.12. The monoisotopic (exact) mass is 715 g/mol. The van der Waals surface area contributed by atoms with Crippen LogP contribution in [0, 0.1) is 28.8 Å². The third-order valence-electron chi connectivity index (χ3n) is 10.6. The summed E-state index contributed by atoms with van der Waals surface area (Å²) in [5.74, 6) is -3.38. The number of rotatable bonds is 5. The highest BCUT2D eigenvalue weighted by atomic mass is 19.2. The van der Waals surface area contributed by atoms with Crippen molar-refractivity contribution < 1.29 is 13.2 Å². The molecule has 0 aliphatic carbocycles. The van der Waals surface area contributed by atoms with Crippen molar-refractivity contribution in [3.8, 4) is 50.8 Å². The Morgan fingerprint density at radius 3 is 1.35 bits per heavy atom. The van der Waals surface area contributed by atoms with E-state index in [-0.39, 0.29) is 11.1 Å². The first-order valence-electron chi connectivity index (χ1n) is 17.9. The van der Waals surface area contributed by atoms with Crippen LogP contribution in [0.1, 0.15) is 5.56 Å². The minimum absolute atomic E-state index is 0.218. The van der Waals surface area contributed by atoms with Crippen LogP contribution in [0.15, 0.2) is 170 Å². The summed E-state index contributed by atoms with van der Waals surface area (Å²) in [5, 5.41) is 15.1. The zero-order valence-electron chi connectivity index (χ0n) is 29.1. The summed E-state index contributed by atoms with van der Waals surface area (Å²) in [6.45, 7) is 0. The maximum Gasteiger partial charge on any atom is 0.166 e. The van der Waals surface area contributed by atoms with Crippen molar-refractivity contribution in [3.63, 3.8) is 0 Å². The summed E-state index contributed by atoms with van der Waals surface area (Å²) >= 11 is 0. The van der Waals surface area contributed by atoms with Crippen molar-refractivity contribution >= 4 is 43.6 Å². The molecule has 0 aliphatic heterocycles. The Morgan fingerprint density at radius 2 is 0.855 bits per heavy atom. The van der Waals surface area contributed by atoms with Gasteiger partial charge in [0.15, 0.2) is 11.6 Å². The maximum absolute atomic E-state index is 15.9. The minimum Gasteiger partial charge on any atom is -0.308 e. The standard InChI is InChI=1S/C49H28F3N3/c50-35-27-40(49(52)42(51)28-35)34-25-47(54-43-17-9-7-15-36(43)38-21-19-32(23-45(38)54)30-11-3-1-4-12-30)41(29-53)48(26-34)55-44-18-10-8-16-37(44)39-22-20-33(24-46(39)55)31-13-5-2-6-14-31/h1-28H. The van der Waals surface area contributed by atoms with Gasteiger partial charge in [0, 0.05) is 33.2 Å². The van der Waals surface area contributed by atoms with Gasteiger partial charge in [-0.25, -0.2) is 13.2 Å². The lowest BCUT2D eigenvalue weighted by atomic mass is 9.99. The first-order chi connectivity index (χ1) is 27.0. The van der Waals surface area contributed by atoms with E-state index >= 15 is 4.39 Å². The van der Waals surface area contributed by atoms with E-state index in [0.29, 0.717) is 23.0 Å². The van der Waals surface area contributed by atoms with Crippen molar-refractivity contribution in [1.82, 2.24) is 9.13 Å². The molecule has 0 fully saturated rings. The van der Waals surface area contributed by atoms with E-state index < -0.39 is 17.5 Å². The second kappa shape index (κ2) is 12.6. The predicted octanol–water partition coefficient (Wildman–Crippen LogP) is 13.2. The predicted molar refractivity (Wildman–Crippen MR) is 216 cm³/mol. The molecule has 0 amide bonds. The molecule has 2 aromatic heterocycles. The van der Waals surface area contributed by atoms with Crippen LogP contribution in [0.4, 0.5) is 13.2 Å². The molecule has 0 spiro atoms. The summed E-state index contributed by atoms with van der Waals surface area (Å²) in [6, 6.07) is 55.8. The molecule has 8 aromatic carbocycles. The number of hydrogen-bond acceptors (Lipinski definition) is 1. The largest absolute Gasteiger partial charge is 0.308 e. The number of halogens is 3. The van der Waals surface area contributed by atoms with Crippen LogP contribution in [-0.2, 0) is 0 Å². The van der Waals surface area contributed by atoms with Gasteiger partial charge in [0.25, 0.3) is 0 Å². The summed E-state index contributed by atoms with van der Waals surface area (Å²) in [6.07, 6.45) is 0. The van der Waals surface area contributed by atoms with Crippen molar-refractivity contribution in [2.24, 2.45) is 0 Å². The molecule has 0 bridgehead atoms. The molecular formula is C49H28F3N3. The molecule has 6 heteroatoms. The first-order valence-corrected chi connectivity index (χ1v) is 17.9. The minimum atomic E-state index is -1.30. The molecule has 0 saturated heterocycles. The summed E-state index contributed by atoms with van der Waals surface area (Å²) in [7, 11) is 0. The van der Waals surface area contributed by atoms with E-state index in [9.17, 15) is 14.0 Å². The van der Waals surface area contributed by atoms with Crippen LogP contribution >= 0.6 is 0 Å². The highest BCUT2D eigenvalue weighted by Gasteiger charge is 2.24. The van der Waals surface area contributed by atoms with Crippen molar-refractivity contribution in [2.45, 2.75) is 0 Å². The van der Waals surface area contributed by atoms with Gasteiger partial charge < -0.3 is 9.13 Å². The van der Waals surface area contributed by atoms with Gasteiger partial charge in [-0.15, -0.1) is 0 Å². The van der Waals surface area contributed by atoms with Gasteiger partial charge in [-0.3, -0.25) is 0 Å². The van der Waals surface area contributed by atoms with Crippen LogP contribution in [0.2, 0.25) is 0 Å². The normalized spacial score (nSPS) is 11.5. The van der Waals surface area contributed by atoms with Crippen molar-refractivity contribution in [1.29, 1.82) is 5.26 Å². The molecule has 0 saturated carbocycles. The van der Waals surface area contributed by atoms with Gasteiger partial charge in [0.2, 0.25) is 0 Å². The average Bonchev–Trinajstić information content (AvgIpc) is 3.74. The maximum atomic E-state index is 15.9. The number of fused-ring (bicyclic) bond motifs is 6. The molecule has 55 heavy (non-hydrogen) atoms. The Hall–Kier alpha value is -7.36. The zero-order valence-corrected chi connectivity index (χ0v) is 29.1. The van der Waals surface area contributed by atoms with Gasteiger partial charge in [0.1, 0.15) is 17.4 Å². The third kappa shape index (κ3) is 5.13. The van der Waals surface area contributed by atoms with Crippen LogP contribution in [0.5, 0.6) is 0 Å². The number of hydrogen-bond donors (Lipinski definition) is 0. The van der Waals surface area contributed by atoms with Crippen LogP contribution in [0.25, 0.3) is 88.4 Å². The van der Waals surface area contributed by atoms with Crippen LogP contribution < -0.4 is 0 Å². The van der Waals surface area contributed by atoms with Gasteiger partial charge in [-0.2, -0.15) is 5.26 Å². The smallest absolute Gasteiger partial charge is 0.166 e. The number of para-hydroxylation sites is 2. The molecule has 0 atom stereocenters. The zero-order chi connectivity index (χ0) is 37.2. The van der Waals surface area contributed by atoms with E-state index in [4.69, 9.17) is 0 Å². The van der Waals surface area contributed by atoms with Crippen LogP contribution in [-0.4, -0.2) is 9.13 Å². The van der Waals surface area contributed by atoms with Crippen LogP contribution in [0.3, 0.4) is 0 Å². The molecule has 0 radical (unpaired) electrons. The van der Waals surface area contributed by atoms with E-state index in [1.165, 1.54) is 0 Å². The quantitative estimate of drug-likeness (QED) is 0.163. The molecule has 3 nitrogen and oxygen atoms in total. The fraction of sp³-hybridized carbons (Fsp3) is 0. The summed E-state index contributed by atoms with van der Waals surface area (Å²) in [5.41, 5.74) is 8.44. The Kier molecular flexibility index (Phi) is 7.43. The number of aromatic nitrogens is 2. The van der Waals surface area contributed by atoms with Gasteiger partial charge in [-0.1, -0.05) is 121 Å². The van der Waals surface area contributed by atoms with Gasteiger partial charge in [0.05, 0.1) is 33.4 Å². The fourth-order valence-corrected chi connectivity index (χ4v) is 8.08. The molecular weight excluding hydrogens is 688 g/mol. The summed E-state index contributed by atoms with van der Waals surface area (Å²) < 4.78 is 49.8. The second-order valence-corrected chi connectivity index (χ2v) is 13.7. The first kappa shape index (κ1) is 32.3. The lowest BCUT2D eigenvalue weighted by molar-refractivity contribution is 0.497. The third-order valence-corrected chi connectivity index (χ3v) is 10.6. The second-order valence-electron chi connectivity index (χ2n) is 13.7. The highest BCUT2D eigenvalue weighted by Crippen LogP contribution is 2.42. The fourth-order valence-electron chi connectivity index (χ4n) is 8.08. The molecule has 0 N–H and O–H groups in total. The van der Waals surface area contributed by atoms with Gasteiger partial charge >= 0.3 is 0 Å². The molecule has 0 aliphatic rings. The van der Waals surface area contributed by atoms with E-state index in [1.807, 2.05) is 118 Å². The molecule has 2 heterocycles. The lowest BCUT2D eigenvalue weighted by Gasteiger charge is -2.19. The molecule has 10 rings (SSSR count). The number of nitriles is 1. The molecule has 0 unspecified atom stereocenters. The lowest BCUT2D eigenvalue weighted by Crippen LogP contribution is -2.06. The van der Waals surface area contributed by atoms with Gasteiger partial charge in [-0.05, 0) is 70.3 Å². The number of nitrogens with zero attached hydrogens (tertiary/aromatic N) is 3. The van der Waals surface area contributed by atoms with E-state index in [1.54, 1.807) is 12.1 Å². The van der Waals surface area contributed by atoms with E-state index in [0.717, 1.165) is 71.9 Å². The molecule has 260 valence electrons. The van der Waals surface area contributed by atoms with Crippen molar-refractivity contribution in [2.75, 3.05) is 0 Å². The topological polar surface area (TPSA) is 33.6 Å². The Labute approximate surface area is 314 Å². The Morgan fingerprint density at radius 1 is 0.400 bits per heavy atom. The van der Waals surface area contributed by atoms with Crippen molar-refractivity contribution in [3.05, 3.63) is 193 Å². The van der Waals surface area contributed by atoms with E-state index in [2.05, 4.69) is 42.5 Å². The SMILES string of the molecule is N#Cc1c(-n2c3ccccc3c3ccc(-c4ccccc4)cc32)cc(-c2cc(F)cc(F)c2F)cc1-n1c2ccccc2c2ccc(-c3ccccc3)cc21. The summed E-state index contributed by atoms with van der Waals surface area (Å²) in [4.78, 5) is 0. The molecule has 10 aromatic rings. The number of benzene rings is 8. The average molecular weight is 716 g/mol. The Bertz CT molecular complexity index is 3010.